The van der Waals surface area contributed by atoms with Crippen LogP contribution in [0.5, 0.6) is 5.75 Å². The highest BCUT2D eigenvalue weighted by molar-refractivity contribution is 6.07. The number of ether oxygens (including phenoxy) is 1. The number of halogens is 3. The third kappa shape index (κ3) is 4.86. The Morgan fingerprint density at radius 2 is 1.83 bits per heavy atom. The Balaban J connectivity index is 1.53. The number of hydrogen-bond acceptors (Lipinski definition) is 4. The van der Waals surface area contributed by atoms with Gasteiger partial charge >= 0.3 is 18.4 Å². The average molecular weight is 489 g/mol. The molecule has 184 valence electrons. The minimum absolute atomic E-state index is 0.0924. The maximum absolute atomic E-state index is 13.2. The standard InChI is InChI=1S/C23H22F3N5O4/c1-22(19(32)28-14-6-4-7-15(12-14)35-23(24,25)26)10-5-11-31(22)21(34)29-17-13-30(20(27)33)18-9-3-2-8-16(17)18/h2-4,6-9,12-13H,5,10-11H2,1H3,(H2,27,33)(H,28,32)(H,29,34)/t22-/m0/s1. The van der Waals surface area contributed by atoms with E-state index in [4.69, 9.17) is 5.73 Å². The summed E-state index contributed by atoms with van der Waals surface area (Å²) in [5.41, 5.74) is 5.10. The van der Waals surface area contributed by atoms with E-state index >= 15 is 0 Å². The maximum Gasteiger partial charge on any atom is 0.573 e. The number of nitrogens with one attached hydrogen (secondary N) is 2. The Bertz CT molecular complexity index is 1310. The molecule has 1 aliphatic rings. The van der Waals surface area contributed by atoms with E-state index in [0.717, 1.165) is 12.1 Å². The van der Waals surface area contributed by atoms with Crippen molar-refractivity contribution in [3.8, 4) is 5.75 Å². The number of nitrogens with two attached hydrogens (primary N) is 1. The third-order valence-corrected chi connectivity index (χ3v) is 5.89. The molecule has 2 heterocycles. The summed E-state index contributed by atoms with van der Waals surface area (Å²) in [6.45, 7) is 1.86. The van der Waals surface area contributed by atoms with Gasteiger partial charge in [0, 0.05) is 29.9 Å². The van der Waals surface area contributed by atoms with Crippen molar-refractivity contribution >= 4 is 40.2 Å². The number of anilines is 2. The molecule has 12 heteroatoms. The fraction of sp³-hybridized carbons (Fsp3) is 0.261. The summed E-state index contributed by atoms with van der Waals surface area (Å²) >= 11 is 0. The van der Waals surface area contributed by atoms with E-state index in [1.165, 1.54) is 27.8 Å². The number of urea groups is 1. The maximum atomic E-state index is 13.2. The number of carbonyl (C=O) groups is 3. The second kappa shape index (κ2) is 8.85. The summed E-state index contributed by atoms with van der Waals surface area (Å²) in [6.07, 6.45) is -2.58. The number of nitrogens with zero attached hydrogens (tertiary/aromatic N) is 2. The van der Waals surface area contributed by atoms with Crippen LogP contribution in [0.4, 0.5) is 34.1 Å². The number of hydrogen-bond donors (Lipinski definition) is 3. The number of aromatic nitrogens is 1. The predicted octanol–water partition coefficient (Wildman–Crippen LogP) is 4.49. The molecule has 9 nitrogen and oxygen atoms in total. The summed E-state index contributed by atoms with van der Waals surface area (Å²) < 4.78 is 42.6. The van der Waals surface area contributed by atoms with Gasteiger partial charge in [-0.25, -0.2) is 9.59 Å². The van der Waals surface area contributed by atoms with Crippen LogP contribution in [-0.4, -0.2) is 45.9 Å². The monoisotopic (exact) mass is 489 g/mol. The van der Waals surface area contributed by atoms with E-state index in [-0.39, 0.29) is 12.2 Å². The number of alkyl halides is 3. The quantitative estimate of drug-likeness (QED) is 0.500. The first kappa shape index (κ1) is 23.9. The first-order valence-electron chi connectivity index (χ1n) is 10.6. The number of primary amides is 1. The molecule has 4 amide bonds. The number of carbonyl (C=O) groups excluding carboxylic acids is 3. The summed E-state index contributed by atoms with van der Waals surface area (Å²) in [7, 11) is 0. The molecular weight excluding hydrogens is 467 g/mol. The van der Waals surface area contributed by atoms with E-state index in [2.05, 4.69) is 15.4 Å². The number of fused-ring (bicyclic) bond motifs is 1. The van der Waals surface area contributed by atoms with E-state index in [1.807, 2.05) is 0 Å². The molecule has 1 aromatic heterocycles. The minimum Gasteiger partial charge on any atom is -0.406 e. The first-order valence-corrected chi connectivity index (χ1v) is 10.6. The lowest BCUT2D eigenvalue weighted by atomic mass is 9.97. The van der Waals surface area contributed by atoms with Gasteiger partial charge in [0.15, 0.2) is 0 Å². The van der Waals surface area contributed by atoms with E-state index in [1.54, 1.807) is 31.2 Å². The molecule has 0 spiro atoms. The van der Waals surface area contributed by atoms with Gasteiger partial charge in [-0.3, -0.25) is 9.36 Å². The molecule has 3 aromatic rings. The second-order valence-corrected chi connectivity index (χ2v) is 8.26. The van der Waals surface area contributed by atoms with Gasteiger partial charge in [-0.05, 0) is 38.0 Å². The summed E-state index contributed by atoms with van der Waals surface area (Å²) in [6, 6.07) is 10.5. The average Bonchev–Trinajstić information content (AvgIpc) is 3.35. The fourth-order valence-corrected chi connectivity index (χ4v) is 4.21. The zero-order valence-corrected chi connectivity index (χ0v) is 18.6. The molecule has 4 rings (SSSR count). The predicted molar refractivity (Wildman–Crippen MR) is 122 cm³/mol. The molecule has 0 unspecified atom stereocenters. The van der Waals surface area contributed by atoms with Crippen molar-refractivity contribution < 1.29 is 32.3 Å². The third-order valence-electron chi connectivity index (χ3n) is 5.89. The zero-order chi connectivity index (χ0) is 25.4. The number of para-hydroxylation sites is 1. The van der Waals surface area contributed by atoms with Gasteiger partial charge in [-0.1, -0.05) is 24.3 Å². The normalized spacial score (nSPS) is 17.9. The van der Waals surface area contributed by atoms with Gasteiger partial charge in [-0.2, -0.15) is 0 Å². The lowest BCUT2D eigenvalue weighted by Crippen LogP contribution is -2.54. The number of likely N-dealkylation sites (tertiary alicyclic amines) is 1. The van der Waals surface area contributed by atoms with Crippen LogP contribution in [0, 0.1) is 0 Å². The van der Waals surface area contributed by atoms with Crippen molar-refractivity contribution in [3.05, 3.63) is 54.7 Å². The van der Waals surface area contributed by atoms with E-state index in [9.17, 15) is 27.6 Å². The van der Waals surface area contributed by atoms with Gasteiger partial charge in [0.25, 0.3) is 0 Å². The van der Waals surface area contributed by atoms with Crippen LogP contribution in [0.3, 0.4) is 0 Å². The molecule has 0 saturated carbocycles. The summed E-state index contributed by atoms with van der Waals surface area (Å²) in [4.78, 5) is 39.5. The van der Waals surface area contributed by atoms with E-state index in [0.29, 0.717) is 29.4 Å². The first-order chi connectivity index (χ1) is 16.5. The van der Waals surface area contributed by atoms with Crippen molar-refractivity contribution in [1.82, 2.24) is 9.47 Å². The summed E-state index contributed by atoms with van der Waals surface area (Å²) in [5.74, 6) is -1.04. The Morgan fingerprint density at radius 1 is 1.09 bits per heavy atom. The Kier molecular flexibility index (Phi) is 6.05. The molecule has 2 aromatic carbocycles. The number of amides is 4. The van der Waals surface area contributed by atoms with Crippen LogP contribution < -0.4 is 21.1 Å². The van der Waals surface area contributed by atoms with Crippen LogP contribution >= 0.6 is 0 Å². The Labute approximate surface area is 197 Å². The molecule has 0 bridgehead atoms. The lowest BCUT2D eigenvalue weighted by Gasteiger charge is -2.33. The zero-order valence-electron chi connectivity index (χ0n) is 18.6. The van der Waals surface area contributed by atoms with Crippen molar-refractivity contribution in [2.45, 2.75) is 31.7 Å². The molecule has 4 N–H and O–H groups in total. The van der Waals surface area contributed by atoms with Gasteiger partial charge in [0.2, 0.25) is 5.91 Å². The van der Waals surface area contributed by atoms with Crippen molar-refractivity contribution in [3.63, 3.8) is 0 Å². The van der Waals surface area contributed by atoms with Crippen LogP contribution in [0.2, 0.25) is 0 Å². The van der Waals surface area contributed by atoms with Gasteiger partial charge in [0.05, 0.1) is 11.2 Å². The van der Waals surface area contributed by atoms with E-state index < -0.39 is 35.6 Å². The molecule has 1 saturated heterocycles. The van der Waals surface area contributed by atoms with Crippen LogP contribution in [0.25, 0.3) is 10.9 Å². The highest BCUT2D eigenvalue weighted by atomic mass is 19.4. The van der Waals surface area contributed by atoms with Gasteiger partial charge in [-0.15, -0.1) is 13.2 Å². The van der Waals surface area contributed by atoms with Gasteiger partial charge in [0.1, 0.15) is 11.3 Å². The van der Waals surface area contributed by atoms with Crippen LogP contribution in [0.1, 0.15) is 19.8 Å². The molecule has 1 aliphatic heterocycles. The van der Waals surface area contributed by atoms with Crippen LogP contribution in [0.15, 0.2) is 54.7 Å². The Hall–Kier alpha value is -4.22. The minimum atomic E-state index is -4.87. The molecule has 1 fully saturated rings. The summed E-state index contributed by atoms with van der Waals surface area (Å²) in [5, 5.41) is 5.91. The van der Waals surface area contributed by atoms with Crippen molar-refractivity contribution in [2.75, 3.05) is 17.2 Å². The van der Waals surface area contributed by atoms with Crippen LogP contribution in [-0.2, 0) is 4.79 Å². The largest absolute Gasteiger partial charge is 0.573 e. The van der Waals surface area contributed by atoms with Crippen molar-refractivity contribution in [2.24, 2.45) is 5.73 Å². The molecular formula is C23H22F3N5O4. The number of benzene rings is 2. The molecule has 1 atom stereocenters. The molecule has 35 heavy (non-hydrogen) atoms. The fourth-order valence-electron chi connectivity index (χ4n) is 4.21. The lowest BCUT2D eigenvalue weighted by molar-refractivity contribution is -0.274. The second-order valence-electron chi connectivity index (χ2n) is 8.26. The highest BCUT2D eigenvalue weighted by Gasteiger charge is 2.46. The highest BCUT2D eigenvalue weighted by Crippen LogP contribution is 2.33. The SMILES string of the molecule is C[C@@]1(C(=O)Nc2cccc(OC(F)(F)F)c2)CCCN1C(=O)Nc1cn(C(N)=O)c2ccccc12. The molecule has 0 radical (unpaired) electrons. The Morgan fingerprint density at radius 3 is 2.54 bits per heavy atom. The smallest absolute Gasteiger partial charge is 0.406 e. The molecule has 0 aliphatic carbocycles. The topological polar surface area (TPSA) is 119 Å². The number of rotatable bonds is 4. The van der Waals surface area contributed by atoms with Crippen molar-refractivity contribution in [1.29, 1.82) is 0 Å². The van der Waals surface area contributed by atoms with Gasteiger partial charge < -0.3 is 26.0 Å².